The summed E-state index contributed by atoms with van der Waals surface area (Å²) in [5.41, 5.74) is 2.07. The fraction of sp³-hybridized carbons (Fsp3) is 0.556. The van der Waals surface area contributed by atoms with Gasteiger partial charge in [0, 0.05) is 24.5 Å². The minimum absolute atomic E-state index is 0.0789. The lowest BCUT2D eigenvalue weighted by Crippen LogP contribution is -2.34. The largest absolute Gasteiger partial charge is 0.464 e. The molecule has 0 fully saturated rings. The van der Waals surface area contributed by atoms with E-state index in [4.69, 9.17) is 17.0 Å². The number of esters is 1. The van der Waals surface area contributed by atoms with Crippen molar-refractivity contribution in [2.24, 2.45) is 0 Å². The summed E-state index contributed by atoms with van der Waals surface area (Å²) < 4.78 is 5.12. The maximum absolute atomic E-state index is 11.6. The highest BCUT2D eigenvalue weighted by atomic mass is 32.1. The van der Waals surface area contributed by atoms with Gasteiger partial charge in [-0.05, 0) is 56.8 Å². The molecule has 134 valence electrons. The molecule has 0 heterocycles. The number of nitrogens with zero attached hydrogens (tertiary/aromatic N) is 1. The van der Waals surface area contributed by atoms with E-state index in [2.05, 4.69) is 48.4 Å². The first-order valence-electron chi connectivity index (χ1n) is 8.66. The van der Waals surface area contributed by atoms with Gasteiger partial charge in [0.2, 0.25) is 0 Å². The average molecular weight is 352 g/mol. The van der Waals surface area contributed by atoms with E-state index in [0.717, 1.165) is 38.0 Å². The molecule has 0 saturated carbocycles. The van der Waals surface area contributed by atoms with Crippen LogP contribution in [-0.2, 0) is 9.53 Å². The fourth-order valence-electron chi connectivity index (χ4n) is 2.26. The second kappa shape index (κ2) is 11.7. The van der Waals surface area contributed by atoms with Crippen LogP contribution >= 0.6 is 12.2 Å². The first-order chi connectivity index (χ1) is 11.6. The van der Waals surface area contributed by atoms with Crippen molar-refractivity contribution in [3.05, 3.63) is 24.3 Å². The summed E-state index contributed by atoms with van der Waals surface area (Å²) in [4.78, 5) is 13.8. The molecule has 0 aromatic heterocycles. The Labute approximate surface area is 150 Å². The summed E-state index contributed by atoms with van der Waals surface area (Å²) in [7, 11) is 0. The van der Waals surface area contributed by atoms with Crippen LogP contribution in [0.15, 0.2) is 24.3 Å². The second-order valence-corrected chi connectivity index (χ2v) is 5.86. The van der Waals surface area contributed by atoms with Gasteiger partial charge < -0.3 is 20.3 Å². The van der Waals surface area contributed by atoms with Gasteiger partial charge in [0.05, 0.1) is 6.61 Å². The van der Waals surface area contributed by atoms with E-state index in [1.807, 2.05) is 12.1 Å². The monoisotopic (exact) mass is 351 g/mol. The number of ether oxygens (including phenoxy) is 1. The number of thiocarbonyl (C=S) groups is 1. The molecule has 0 amide bonds. The molecule has 1 aromatic carbocycles. The molecule has 0 aliphatic heterocycles. The van der Waals surface area contributed by atoms with Crippen LogP contribution in [0.5, 0.6) is 0 Å². The molecule has 1 rings (SSSR count). The number of hydrogen-bond donors (Lipinski definition) is 2. The molecule has 2 N–H and O–H groups in total. The van der Waals surface area contributed by atoms with E-state index >= 15 is 0 Å². The molecule has 0 aliphatic carbocycles. The maximum atomic E-state index is 11.6. The molecule has 0 bridgehead atoms. The number of anilines is 2. The van der Waals surface area contributed by atoms with Crippen molar-refractivity contribution in [3.8, 4) is 0 Å². The van der Waals surface area contributed by atoms with Gasteiger partial charge in [-0.15, -0.1) is 0 Å². The minimum Gasteiger partial charge on any atom is -0.464 e. The van der Waals surface area contributed by atoms with E-state index in [-0.39, 0.29) is 12.5 Å². The van der Waals surface area contributed by atoms with Crippen LogP contribution in [0, 0.1) is 0 Å². The van der Waals surface area contributed by atoms with Crippen LogP contribution in [0.4, 0.5) is 11.4 Å². The van der Waals surface area contributed by atoms with Gasteiger partial charge in [-0.25, -0.2) is 0 Å². The van der Waals surface area contributed by atoms with Crippen molar-refractivity contribution in [1.82, 2.24) is 5.32 Å². The molecule has 0 radical (unpaired) electrons. The summed E-state index contributed by atoms with van der Waals surface area (Å²) in [6, 6.07) is 8.06. The van der Waals surface area contributed by atoms with E-state index in [9.17, 15) is 4.79 Å². The van der Waals surface area contributed by atoms with Gasteiger partial charge in [-0.2, -0.15) is 0 Å². The van der Waals surface area contributed by atoms with Crippen LogP contribution in [0.2, 0.25) is 0 Å². The molecule has 24 heavy (non-hydrogen) atoms. The summed E-state index contributed by atoms with van der Waals surface area (Å²) in [6.45, 7) is 8.89. The molecular weight excluding hydrogens is 322 g/mol. The third-order valence-corrected chi connectivity index (χ3v) is 3.90. The number of benzene rings is 1. The molecule has 0 atom stereocenters. The van der Waals surface area contributed by atoms with Gasteiger partial charge in [0.25, 0.3) is 0 Å². The third-order valence-electron chi connectivity index (χ3n) is 3.66. The van der Waals surface area contributed by atoms with Gasteiger partial charge in [-0.1, -0.05) is 19.8 Å². The Bertz CT molecular complexity index is 501. The maximum Gasteiger partial charge on any atom is 0.325 e. The molecule has 6 heteroatoms. The zero-order valence-electron chi connectivity index (χ0n) is 14.9. The van der Waals surface area contributed by atoms with Gasteiger partial charge >= 0.3 is 5.97 Å². The van der Waals surface area contributed by atoms with Gasteiger partial charge in [-0.3, -0.25) is 4.79 Å². The SMILES string of the molecule is CCCCCOC(=O)CNC(=S)Nc1ccc(N(CC)CC)cc1. The smallest absolute Gasteiger partial charge is 0.325 e. The first-order valence-corrected chi connectivity index (χ1v) is 9.07. The normalized spacial score (nSPS) is 10.1. The van der Waals surface area contributed by atoms with E-state index < -0.39 is 0 Å². The minimum atomic E-state index is -0.285. The summed E-state index contributed by atoms with van der Waals surface area (Å²) >= 11 is 5.20. The van der Waals surface area contributed by atoms with E-state index in [0.29, 0.717) is 11.7 Å². The van der Waals surface area contributed by atoms with Crippen molar-refractivity contribution >= 4 is 34.7 Å². The van der Waals surface area contributed by atoms with E-state index in [1.165, 1.54) is 5.69 Å². The van der Waals surface area contributed by atoms with Crippen LogP contribution in [0.1, 0.15) is 40.0 Å². The van der Waals surface area contributed by atoms with Crippen LogP contribution in [-0.4, -0.2) is 37.3 Å². The fourth-order valence-corrected chi connectivity index (χ4v) is 2.45. The van der Waals surface area contributed by atoms with Crippen molar-refractivity contribution in [3.63, 3.8) is 0 Å². The van der Waals surface area contributed by atoms with Crippen molar-refractivity contribution < 1.29 is 9.53 Å². The van der Waals surface area contributed by atoms with E-state index in [1.54, 1.807) is 0 Å². The van der Waals surface area contributed by atoms with Crippen molar-refractivity contribution in [2.75, 3.05) is 36.5 Å². The summed E-state index contributed by atoms with van der Waals surface area (Å²) in [6.07, 6.45) is 3.09. The predicted molar refractivity (Wildman–Crippen MR) is 105 cm³/mol. The molecule has 5 nitrogen and oxygen atoms in total. The highest BCUT2D eigenvalue weighted by Crippen LogP contribution is 2.17. The lowest BCUT2D eigenvalue weighted by molar-refractivity contribution is -0.142. The molecule has 0 aliphatic rings. The number of nitrogens with one attached hydrogen (secondary N) is 2. The van der Waals surface area contributed by atoms with Crippen LogP contribution in [0.3, 0.4) is 0 Å². The molecule has 0 saturated heterocycles. The molecule has 1 aromatic rings. The van der Waals surface area contributed by atoms with Gasteiger partial charge in [0.15, 0.2) is 5.11 Å². The third kappa shape index (κ3) is 7.64. The van der Waals surface area contributed by atoms with Gasteiger partial charge in [0.1, 0.15) is 6.54 Å². The average Bonchev–Trinajstić information content (AvgIpc) is 2.59. The lowest BCUT2D eigenvalue weighted by Gasteiger charge is -2.21. The molecular formula is C18H29N3O2S. The molecule has 0 spiro atoms. The zero-order valence-corrected chi connectivity index (χ0v) is 15.7. The summed E-state index contributed by atoms with van der Waals surface area (Å²) in [5.74, 6) is -0.285. The molecule has 0 unspecified atom stereocenters. The topological polar surface area (TPSA) is 53.6 Å². The van der Waals surface area contributed by atoms with Crippen molar-refractivity contribution in [2.45, 2.75) is 40.0 Å². The Morgan fingerprint density at radius 3 is 2.38 bits per heavy atom. The second-order valence-electron chi connectivity index (χ2n) is 5.45. The Morgan fingerprint density at radius 2 is 1.79 bits per heavy atom. The Kier molecular flexibility index (Phi) is 9.84. The van der Waals surface area contributed by atoms with Crippen LogP contribution < -0.4 is 15.5 Å². The Hall–Kier alpha value is -1.82. The summed E-state index contributed by atoms with van der Waals surface area (Å²) in [5, 5.41) is 6.35. The van der Waals surface area contributed by atoms with Crippen molar-refractivity contribution in [1.29, 1.82) is 0 Å². The first kappa shape index (κ1) is 20.2. The number of hydrogen-bond acceptors (Lipinski definition) is 4. The van der Waals surface area contributed by atoms with Crippen LogP contribution in [0.25, 0.3) is 0 Å². The standard InChI is InChI=1S/C18H29N3O2S/c1-4-7-8-13-23-17(22)14-19-18(24)20-15-9-11-16(12-10-15)21(5-2)6-3/h9-12H,4-8,13-14H2,1-3H3,(H2,19,20,24). The number of carbonyl (C=O) groups excluding carboxylic acids is 1. The lowest BCUT2D eigenvalue weighted by atomic mass is 10.2. The predicted octanol–water partition coefficient (Wildman–Crippen LogP) is 3.55. The highest BCUT2D eigenvalue weighted by molar-refractivity contribution is 7.80. The quantitative estimate of drug-likeness (QED) is 0.382. The number of rotatable bonds is 10. The highest BCUT2D eigenvalue weighted by Gasteiger charge is 2.05. The zero-order chi connectivity index (χ0) is 17.8. The number of carbonyl (C=O) groups is 1. The number of unbranched alkanes of at least 4 members (excludes halogenated alkanes) is 2. The Morgan fingerprint density at radius 1 is 1.12 bits per heavy atom. The Balaban J connectivity index is 2.33.